The molecule has 0 aromatic heterocycles. The lowest BCUT2D eigenvalue weighted by molar-refractivity contribution is -0.147. The van der Waals surface area contributed by atoms with Gasteiger partial charge in [0.1, 0.15) is 0 Å². The number of aryl methyl sites for hydroxylation is 1. The Morgan fingerprint density at radius 3 is 2.23 bits per heavy atom. The zero-order chi connectivity index (χ0) is 22.4. The fraction of sp³-hybridized carbons (Fsp3) is 0.462. The predicted octanol–water partition coefficient (Wildman–Crippen LogP) is 3.94. The number of amides is 2. The van der Waals surface area contributed by atoms with E-state index in [0.717, 1.165) is 24.0 Å². The molecular formula is C26H34N2O3. The molecule has 166 valence electrons. The fourth-order valence-corrected chi connectivity index (χ4v) is 4.51. The molecule has 1 aliphatic heterocycles. The van der Waals surface area contributed by atoms with Crippen molar-refractivity contribution in [2.45, 2.75) is 32.6 Å². The van der Waals surface area contributed by atoms with E-state index in [1.807, 2.05) is 4.90 Å². The summed E-state index contributed by atoms with van der Waals surface area (Å²) >= 11 is 0. The number of rotatable bonds is 7. The Balaban J connectivity index is 1.81. The summed E-state index contributed by atoms with van der Waals surface area (Å²) in [7, 11) is 5.20. The van der Waals surface area contributed by atoms with Gasteiger partial charge in [0, 0.05) is 34.3 Å². The van der Waals surface area contributed by atoms with Crippen LogP contribution in [0.4, 0.5) is 0 Å². The Morgan fingerprint density at radius 2 is 1.65 bits per heavy atom. The molecule has 1 saturated heterocycles. The monoisotopic (exact) mass is 422 g/mol. The van der Waals surface area contributed by atoms with Gasteiger partial charge in [-0.05, 0) is 42.9 Å². The average Bonchev–Trinajstić information content (AvgIpc) is 2.78. The number of benzene rings is 2. The van der Waals surface area contributed by atoms with Gasteiger partial charge in [-0.3, -0.25) is 9.59 Å². The van der Waals surface area contributed by atoms with Gasteiger partial charge in [-0.25, -0.2) is 0 Å². The molecule has 0 aliphatic carbocycles. The highest BCUT2D eigenvalue weighted by atomic mass is 16.5. The zero-order valence-corrected chi connectivity index (χ0v) is 19.2. The average molecular weight is 423 g/mol. The van der Waals surface area contributed by atoms with Crippen LogP contribution >= 0.6 is 0 Å². The Bertz CT molecular complexity index is 890. The molecule has 2 aromatic rings. The van der Waals surface area contributed by atoms with Crippen LogP contribution in [-0.2, 0) is 20.7 Å². The van der Waals surface area contributed by atoms with E-state index in [1.54, 1.807) is 26.1 Å². The van der Waals surface area contributed by atoms with Gasteiger partial charge in [0.2, 0.25) is 11.8 Å². The number of carbonyl (C=O) groups excluding carboxylic acids is 2. The summed E-state index contributed by atoms with van der Waals surface area (Å²) in [5, 5.41) is 0. The third-order valence-corrected chi connectivity index (χ3v) is 6.19. The maximum Gasteiger partial charge on any atom is 0.230 e. The quantitative estimate of drug-likeness (QED) is 0.679. The number of piperidine rings is 1. The summed E-state index contributed by atoms with van der Waals surface area (Å²) < 4.78 is 5.07. The smallest absolute Gasteiger partial charge is 0.230 e. The lowest BCUT2D eigenvalue weighted by atomic mass is 9.73. The number of nitrogens with zero attached hydrogens (tertiary/aromatic N) is 2. The Kier molecular flexibility index (Phi) is 7.50. The molecular weight excluding hydrogens is 388 g/mol. The summed E-state index contributed by atoms with van der Waals surface area (Å²) in [6.07, 6.45) is 2.61. The third kappa shape index (κ3) is 5.53. The van der Waals surface area contributed by atoms with Crippen molar-refractivity contribution in [2.24, 2.45) is 5.41 Å². The molecule has 0 N–H and O–H groups in total. The normalized spacial score (nSPS) is 18.6. The van der Waals surface area contributed by atoms with Gasteiger partial charge in [-0.15, -0.1) is 0 Å². The summed E-state index contributed by atoms with van der Waals surface area (Å²) in [5.74, 6) is 0.159. The van der Waals surface area contributed by atoms with Gasteiger partial charge in [0.15, 0.2) is 0 Å². The van der Waals surface area contributed by atoms with Crippen LogP contribution in [0.15, 0.2) is 48.5 Å². The van der Waals surface area contributed by atoms with Crippen LogP contribution in [0.2, 0.25) is 0 Å². The van der Waals surface area contributed by atoms with Gasteiger partial charge < -0.3 is 14.5 Å². The van der Waals surface area contributed by atoms with Crippen molar-refractivity contribution in [3.05, 3.63) is 59.7 Å². The zero-order valence-electron chi connectivity index (χ0n) is 19.2. The van der Waals surface area contributed by atoms with E-state index < -0.39 is 5.41 Å². The number of hydrogen-bond donors (Lipinski definition) is 0. The van der Waals surface area contributed by atoms with Gasteiger partial charge in [-0.1, -0.05) is 54.1 Å². The van der Waals surface area contributed by atoms with E-state index in [0.29, 0.717) is 32.5 Å². The number of carbonyl (C=O) groups is 2. The predicted molar refractivity (Wildman–Crippen MR) is 124 cm³/mol. The summed E-state index contributed by atoms with van der Waals surface area (Å²) in [5.41, 5.74) is 4.12. The molecule has 0 spiro atoms. The second-order valence-corrected chi connectivity index (χ2v) is 8.88. The minimum Gasteiger partial charge on any atom is -0.384 e. The third-order valence-electron chi connectivity index (χ3n) is 6.19. The number of hydrogen-bond acceptors (Lipinski definition) is 3. The fourth-order valence-electron chi connectivity index (χ4n) is 4.51. The molecule has 31 heavy (non-hydrogen) atoms. The van der Waals surface area contributed by atoms with E-state index >= 15 is 0 Å². The van der Waals surface area contributed by atoms with Crippen molar-refractivity contribution in [3.8, 4) is 11.1 Å². The maximum absolute atomic E-state index is 13.3. The van der Waals surface area contributed by atoms with Crippen molar-refractivity contribution < 1.29 is 14.3 Å². The molecule has 2 amide bonds. The SMILES string of the molecule is COCCC(=O)N1CCC[C@](Cc2ccc(-c3ccc(C)cc3)cc2)(C(=O)N(C)C)C1. The first-order valence-electron chi connectivity index (χ1n) is 11.0. The molecule has 0 saturated carbocycles. The van der Waals surface area contributed by atoms with E-state index in [2.05, 4.69) is 55.5 Å². The highest BCUT2D eigenvalue weighted by Crippen LogP contribution is 2.36. The van der Waals surface area contributed by atoms with E-state index in [-0.39, 0.29) is 11.8 Å². The standard InChI is InChI=1S/C26H34N2O3/c1-20-6-10-22(11-7-20)23-12-8-21(9-13-23)18-26(25(30)27(2)3)15-5-16-28(19-26)24(29)14-17-31-4/h6-13H,5,14-19H2,1-4H3/t26-/m1/s1. The molecule has 0 bridgehead atoms. The topological polar surface area (TPSA) is 49.9 Å². The summed E-state index contributed by atoms with van der Waals surface area (Å²) in [4.78, 5) is 29.4. The van der Waals surface area contributed by atoms with Gasteiger partial charge >= 0.3 is 0 Å². The molecule has 1 atom stereocenters. The van der Waals surface area contributed by atoms with E-state index in [1.165, 1.54) is 11.1 Å². The first-order chi connectivity index (χ1) is 14.8. The van der Waals surface area contributed by atoms with Crippen molar-refractivity contribution in [1.29, 1.82) is 0 Å². The second-order valence-electron chi connectivity index (χ2n) is 8.88. The molecule has 1 heterocycles. The Morgan fingerprint density at radius 1 is 1.03 bits per heavy atom. The number of ether oxygens (including phenoxy) is 1. The summed E-state index contributed by atoms with van der Waals surface area (Å²) in [6.45, 7) is 3.66. The molecule has 2 aromatic carbocycles. The molecule has 0 unspecified atom stereocenters. The van der Waals surface area contributed by atoms with Gasteiger partial charge in [0.05, 0.1) is 18.4 Å². The first kappa shape index (κ1) is 23.0. The highest BCUT2D eigenvalue weighted by Gasteiger charge is 2.44. The highest BCUT2D eigenvalue weighted by molar-refractivity contribution is 5.85. The van der Waals surface area contributed by atoms with Crippen LogP contribution in [0, 0.1) is 12.3 Å². The molecule has 0 radical (unpaired) electrons. The van der Waals surface area contributed by atoms with Gasteiger partial charge in [-0.2, -0.15) is 0 Å². The molecule has 5 heteroatoms. The van der Waals surface area contributed by atoms with Gasteiger partial charge in [0.25, 0.3) is 0 Å². The van der Waals surface area contributed by atoms with Crippen LogP contribution in [0.5, 0.6) is 0 Å². The summed E-state index contributed by atoms with van der Waals surface area (Å²) in [6, 6.07) is 17.0. The molecule has 5 nitrogen and oxygen atoms in total. The molecule has 3 rings (SSSR count). The van der Waals surface area contributed by atoms with Crippen molar-refractivity contribution in [1.82, 2.24) is 9.80 Å². The molecule has 1 fully saturated rings. The Hall–Kier alpha value is -2.66. The van der Waals surface area contributed by atoms with Crippen LogP contribution in [-0.4, -0.2) is 62.5 Å². The van der Waals surface area contributed by atoms with Crippen LogP contribution in [0.3, 0.4) is 0 Å². The largest absolute Gasteiger partial charge is 0.384 e. The van der Waals surface area contributed by atoms with Crippen LogP contribution < -0.4 is 0 Å². The number of likely N-dealkylation sites (tertiary alicyclic amines) is 1. The van der Waals surface area contributed by atoms with E-state index in [4.69, 9.17) is 4.74 Å². The molecule has 1 aliphatic rings. The van der Waals surface area contributed by atoms with Crippen molar-refractivity contribution >= 4 is 11.8 Å². The van der Waals surface area contributed by atoms with Crippen molar-refractivity contribution in [3.63, 3.8) is 0 Å². The Labute approximate surface area is 186 Å². The minimum atomic E-state index is -0.587. The van der Waals surface area contributed by atoms with E-state index in [9.17, 15) is 9.59 Å². The number of methoxy groups -OCH3 is 1. The van der Waals surface area contributed by atoms with Crippen LogP contribution in [0.1, 0.15) is 30.4 Å². The lowest BCUT2D eigenvalue weighted by Gasteiger charge is -2.43. The van der Waals surface area contributed by atoms with Crippen LogP contribution in [0.25, 0.3) is 11.1 Å². The lowest BCUT2D eigenvalue weighted by Crippen LogP contribution is -2.54. The second kappa shape index (κ2) is 10.1. The first-order valence-corrected chi connectivity index (χ1v) is 11.0. The minimum absolute atomic E-state index is 0.0622. The maximum atomic E-state index is 13.3. The van der Waals surface area contributed by atoms with Crippen molar-refractivity contribution in [2.75, 3.05) is 40.9 Å².